The van der Waals surface area contributed by atoms with Crippen LogP contribution in [-0.2, 0) is 19.1 Å². The number of methoxy groups -OCH3 is 1. The van der Waals surface area contributed by atoms with Crippen LogP contribution in [0.5, 0.6) is 0 Å². The van der Waals surface area contributed by atoms with Crippen molar-refractivity contribution >= 4 is 23.6 Å². The normalized spacial score (nSPS) is 12.0. The lowest BCUT2D eigenvalue weighted by Crippen LogP contribution is -2.52. The van der Waals surface area contributed by atoms with Crippen LogP contribution in [0.3, 0.4) is 0 Å². The number of carbonyl (C=O) groups excluding carboxylic acids is 4. The highest BCUT2D eigenvalue weighted by molar-refractivity contribution is 6.01. The van der Waals surface area contributed by atoms with Gasteiger partial charge in [-0.2, -0.15) is 13.2 Å². The van der Waals surface area contributed by atoms with Crippen LogP contribution in [0, 0.1) is 0 Å². The van der Waals surface area contributed by atoms with Crippen molar-refractivity contribution in [2.45, 2.75) is 18.6 Å². The van der Waals surface area contributed by atoms with Crippen LogP contribution in [0.15, 0.2) is 30.3 Å². The van der Waals surface area contributed by atoms with Gasteiger partial charge in [0.05, 0.1) is 7.11 Å². The monoisotopic (exact) mass is 374 g/mol. The van der Waals surface area contributed by atoms with Crippen molar-refractivity contribution in [3.63, 3.8) is 0 Å². The van der Waals surface area contributed by atoms with Crippen molar-refractivity contribution in [3.8, 4) is 0 Å². The Morgan fingerprint density at radius 2 is 1.73 bits per heavy atom. The van der Waals surface area contributed by atoms with Gasteiger partial charge in [0.25, 0.3) is 0 Å². The molecule has 0 aliphatic heterocycles. The van der Waals surface area contributed by atoms with Gasteiger partial charge in [-0.1, -0.05) is 30.3 Å². The van der Waals surface area contributed by atoms with E-state index in [2.05, 4.69) is 4.74 Å². The Labute approximate surface area is 147 Å². The molecule has 7 nitrogen and oxygen atoms in total. The number of Topliss-reactive ketones (excluding diaryl/α,β-unsaturated/α-hetero) is 1. The molecule has 0 heterocycles. The second-order valence-electron chi connectivity index (χ2n) is 5.29. The number of hydrogen-bond acceptors (Lipinski definition) is 5. The van der Waals surface area contributed by atoms with E-state index in [0.717, 1.165) is 19.1 Å². The summed E-state index contributed by atoms with van der Waals surface area (Å²) in [4.78, 5) is 47.7. The number of hydrogen-bond donors (Lipinski definition) is 1. The average Bonchev–Trinajstić information content (AvgIpc) is 2.59. The molecule has 1 aromatic rings. The zero-order valence-electron chi connectivity index (χ0n) is 14.0. The molecule has 0 bridgehead atoms. The number of esters is 1. The quantitative estimate of drug-likeness (QED) is 0.566. The third kappa shape index (κ3) is 6.19. The summed E-state index contributed by atoms with van der Waals surface area (Å²) >= 11 is 0. The lowest BCUT2D eigenvalue weighted by molar-refractivity contribution is -0.175. The fourth-order valence-corrected chi connectivity index (χ4v) is 1.97. The Bertz CT molecular complexity index is 676. The van der Waals surface area contributed by atoms with Crippen molar-refractivity contribution in [1.82, 2.24) is 10.2 Å². The minimum Gasteiger partial charge on any atom is -0.468 e. The lowest BCUT2D eigenvalue weighted by Gasteiger charge is -2.24. The SMILES string of the molecule is COC(=O)CN(C)C(=O)[C@H](CC(=O)c1ccccc1)NC(=O)C(F)(F)F. The van der Waals surface area contributed by atoms with Gasteiger partial charge < -0.3 is 15.0 Å². The second-order valence-corrected chi connectivity index (χ2v) is 5.29. The van der Waals surface area contributed by atoms with Crippen LogP contribution in [0.1, 0.15) is 16.8 Å². The van der Waals surface area contributed by atoms with E-state index in [1.807, 2.05) is 0 Å². The van der Waals surface area contributed by atoms with E-state index >= 15 is 0 Å². The van der Waals surface area contributed by atoms with Gasteiger partial charge in [-0.3, -0.25) is 19.2 Å². The van der Waals surface area contributed by atoms with Gasteiger partial charge in [0, 0.05) is 19.0 Å². The molecule has 1 N–H and O–H groups in total. The lowest BCUT2D eigenvalue weighted by atomic mass is 10.0. The van der Waals surface area contributed by atoms with Crippen molar-refractivity contribution in [2.24, 2.45) is 0 Å². The maximum atomic E-state index is 12.5. The number of halogens is 3. The number of ketones is 1. The third-order valence-electron chi connectivity index (χ3n) is 3.32. The highest BCUT2D eigenvalue weighted by atomic mass is 19.4. The number of benzene rings is 1. The van der Waals surface area contributed by atoms with Gasteiger partial charge in [-0.05, 0) is 0 Å². The van der Waals surface area contributed by atoms with E-state index in [0.29, 0.717) is 0 Å². The number of alkyl halides is 3. The molecule has 142 valence electrons. The molecule has 0 spiro atoms. The third-order valence-corrected chi connectivity index (χ3v) is 3.32. The van der Waals surface area contributed by atoms with E-state index in [4.69, 9.17) is 0 Å². The molecule has 1 atom stereocenters. The summed E-state index contributed by atoms with van der Waals surface area (Å²) in [6.45, 7) is -0.548. The predicted octanol–water partition coefficient (Wildman–Crippen LogP) is 0.938. The summed E-state index contributed by atoms with van der Waals surface area (Å²) in [6, 6.07) is 5.78. The van der Waals surface area contributed by atoms with Crippen molar-refractivity contribution in [3.05, 3.63) is 35.9 Å². The van der Waals surface area contributed by atoms with Crippen LogP contribution in [-0.4, -0.2) is 61.4 Å². The maximum Gasteiger partial charge on any atom is 0.471 e. The largest absolute Gasteiger partial charge is 0.471 e. The number of amides is 2. The van der Waals surface area contributed by atoms with Crippen LogP contribution in [0.4, 0.5) is 13.2 Å². The molecule has 0 unspecified atom stereocenters. The minimum absolute atomic E-state index is 0.169. The summed E-state index contributed by atoms with van der Waals surface area (Å²) in [5, 5.41) is 1.50. The van der Waals surface area contributed by atoms with Gasteiger partial charge in [0.1, 0.15) is 12.6 Å². The standard InChI is InChI=1S/C16H17F3N2O5/c1-21(9-13(23)26-2)14(24)11(20-15(25)16(17,18)19)8-12(22)10-6-4-3-5-7-10/h3-7,11H,8-9H2,1-2H3,(H,20,25)/t11-/m0/s1. The van der Waals surface area contributed by atoms with Gasteiger partial charge in [0.2, 0.25) is 5.91 Å². The summed E-state index contributed by atoms with van der Waals surface area (Å²) in [6.07, 6.45) is -5.93. The first-order valence-electron chi connectivity index (χ1n) is 7.34. The van der Waals surface area contributed by atoms with Crippen LogP contribution in [0.25, 0.3) is 0 Å². The second kappa shape index (κ2) is 8.97. The summed E-state index contributed by atoms with van der Waals surface area (Å²) < 4.78 is 41.9. The molecule has 1 aromatic carbocycles. The predicted molar refractivity (Wildman–Crippen MR) is 83.0 cm³/mol. The molecule has 10 heteroatoms. The zero-order valence-corrected chi connectivity index (χ0v) is 14.0. The molecule has 26 heavy (non-hydrogen) atoms. The van der Waals surface area contributed by atoms with Gasteiger partial charge in [-0.15, -0.1) is 0 Å². The Hall–Kier alpha value is -2.91. The summed E-state index contributed by atoms with van der Waals surface area (Å²) in [7, 11) is 2.21. The molecule has 0 fully saturated rings. The molecule has 0 saturated carbocycles. The number of likely N-dealkylation sites (N-methyl/N-ethyl adjacent to an activating group) is 1. The molecule has 1 rings (SSSR count). The highest BCUT2D eigenvalue weighted by Crippen LogP contribution is 2.16. The van der Waals surface area contributed by atoms with Gasteiger partial charge in [-0.25, -0.2) is 0 Å². The molecule has 0 aromatic heterocycles. The van der Waals surface area contributed by atoms with Crippen LogP contribution in [0.2, 0.25) is 0 Å². The average molecular weight is 374 g/mol. The first-order chi connectivity index (χ1) is 12.1. The molecule has 0 radical (unpaired) electrons. The molecule has 0 aliphatic carbocycles. The Morgan fingerprint density at radius 3 is 2.23 bits per heavy atom. The number of nitrogens with zero attached hydrogens (tertiary/aromatic N) is 1. The maximum absolute atomic E-state index is 12.5. The fraction of sp³-hybridized carbons (Fsp3) is 0.375. The molecular formula is C16H17F3N2O5. The summed E-state index contributed by atoms with van der Waals surface area (Å²) in [5.74, 6) is -4.84. The summed E-state index contributed by atoms with van der Waals surface area (Å²) in [5.41, 5.74) is 0.169. The zero-order chi connectivity index (χ0) is 19.9. The van der Waals surface area contributed by atoms with Gasteiger partial charge in [0.15, 0.2) is 5.78 Å². The van der Waals surface area contributed by atoms with Crippen LogP contribution >= 0.6 is 0 Å². The fourth-order valence-electron chi connectivity index (χ4n) is 1.97. The molecule has 0 aliphatic rings. The molecule has 2 amide bonds. The number of nitrogens with one attached hydrogen (secondary N) is 1. The van der Waals surface area contributed by atoms with E-state index in [9.17, 15) is 32.3 Å². The van der Waals surface area contributed by atoms with E-state index in [-0.39, 0.29) is 5.56 Å². The van der Waals surface area contributed by atoms with Crippen LogP contribution < -0.4 is 5.32 Å². The number of carbonyl (C=O) groups is 4. The number of rotatable bonds is 7. The smallest absolute Gasteiger partial charge is 0.468 e. The Kier molecular flexibility index (Phi) is 7.29. The topological polar surface area (TPSA) is 92.8 Å². The van der Waals surface area contributed by atoms with Crippen molar-refractivity contribution in [2.75, 3.05) is 20.7 Å². The Balaban J connectivity index is 2.97. The molecular weight excluding hydrogens is 357 g/mol. The van der Waals surface area contributed by atoms with E-state index in [1.54, 1.807) is 18.2 Å². The Morgan fingerprint density at radius 1 is 1.15 bits per heavy atom. The molecule has 0 saturated heterocycles. The first kappa shape index (κ1) is 21.1. The van der Waals surface area contributed by atoms with E-state index in [1.165, 1.54) is 17.4 Å². The van der Waals surface area contributed by atoms with Gasteiger partial charge >= 0.3 is 18.1 Å². The van der Waals surface area contributed by atoms with Crippen molar-refractivity contribution < 1.29 is 37.1 Å². The van der Waals surface area contributed by atoms with Crippen molar-refractivity contribution in [1.29, 1.82) is 0 Å². The first-order valence-corrected chi connectivity index (χ1v) is 7.34. The number of ether oxygens (including phenoxy) is 1. The minimum atomic E-state index is -5.23. The highest BCUT2D eigenvalue weighted by Gasteiger charge is 2.41. The van der Waals surface area contributed by atoms with E-state index < -0.39 is 48.8 Å².